The predicted octanol–water partition coefficient (Wildman–Crippen LogP) is 3.55. The number of nitrogens with two attached hydrogens (primary N) is 1. The molecule has 2 atom stereocenters. The monoisotopic (exact) mass is 594 g/mol. The van der Waals surface area contributed by atoms with Crippen molar-refractivity contribution in [2.75, 3.05) is 56.5 Å². The number of hydrogen-bond donors (Lipinski definition) is 1. The lowest BCUT2D eigenvalue weighted by molar-refractivity contribution is -0.128. The molecule has 2 aromatic heterocycles. The highest BCUT2D eigenvalue weighted by atomic mass is 16.5. The van der Waals surface area contributed by atoms with E-state index in [-0.39, 0.29) is 30.1 Å². The Balaban J connectivity index is 1.23. The number of piperazine rings is 1. The van der Waals surface area contributed by atoms with E-state index < -0.39 is 0 Å². The van der Waals surface area contributed by atoms with E-state index in [0.717, 1.165) is 59.5 Å². The summed E-state index contributed by atoms with van der Waals surface area (Å²) >= 11 is 0. The number of carbonyl (C=O) groups is 1. The zero-order chi connectivity index (χ0) is 30.3. The number of rotatable bonds is 7. The van der Waals surface area contributed by atoms with Gasteiger partial charge < -0.3 is 29.9 Å². The Morgan fingerprint density at radius 1 is 1.18 bits per heavy atom. The van der Waals surface area contributed by atoms with Gasteiger partial charge in [-0.15, -0.1) is 0 Å². The lowest BCUT2D eigenvalue weighted by Gasteiger charge is -2.40. The molecule has 0 spiro atoms. The topological polar surface area (TPSA) is 114 Å². The second-order valence-corrected chi connectivity index (χ2v) is 12.3. The van der Waals surface area contributed by atoms with Gasteiger partial charge in [0.25, 0.3) is 0 Å². The summed E-state index contributed by atoms with van der Waals surface area (Å²) in [5.41, 5.74) is 8.86. The van der Waals surface area contributed by atoms with Crippen LogP contribution in [0.5, 0.6) is 6.01 Å². The van der Waals surface area contributed by atoms with Crippen molar-refractivity contribution in [3.8, 4) is 6.01 Å². The summed E-state index contributed by atoms with van der Waals surface area (Å²) < 4.78 is 13.0. The molecule has 7 rings (SSSR count). The fourth-order valence-corrected chi connectivity index (χ4v) is 7.60. The lowest BCUT2D eigenvalue weighted by atomic mass is 9.95. The molecule has 0 aliphatic carbocycles. The molecule has 3 saturated heterocycles. The first kappa shape index (κ1) is 28.5. The zero-order valence-corrected chi connectivity index (χ0v) is 25.0. The van der Waals surface area contributed by atoms with Gasteiger partial charge >= 0.3 is 6.01 Å². The quantitative estimate of drug-likeness (QED) is 0.324. The third-order valence-electron chi connectivity index (χ3n) is 9.78. The standard InChI is InChI=1S/C33H38N8O3/c1-3-29(42)41-15-14-39(19-23(41)18-35-2)31-25-20-43-27(30-24-9-5-4-8-22(24)16-28(34)37-30)17-26(25)36-32(38-31)44-21-33-10-6-12-40(33)13-7-11-33/h3-5,8-9,16,23,27H,1,6-7,10-15,17-21H2,(H2,34,37)/t23-,27?/m0/s1. The first-order chi connectivity index (χ1) is 21.5. The van der Waals surface area contributed by atoms with Crippen LogP contribution in [0.25, 0.3) is 15.6 Å². The number of nitrogens with zero attached hydrogens (tertiary/aromatic N) is 7. The molecule has 0 radical (unpaired) electrons. The van der Waals surface area contributed by atoms with Gasteiger partial charge in [0.05, 0.1) is 23.5 Å². The number of amides is 1. The third-order valence-corrected chi connectivity index (χ3v) is 9.78. The molecule has 11 heteroatoms. The van der Waals surface area contributed by atoms with Gasteiger partial charge in [-0.3, -0.25) is 9.69 Å². The summed E-state index contributed by atoms with van der Waals surface area (Å²) in [5.74, 6) is 1.05. The first-order valence-electron chi connectivity index (χ1n) is 15.5. The molecule has 3 aromatic rings. The normalized spacial score (nSPS) is 22.8. The molecule has 1 aromatic carbocycles. The fraction of sp³-hybridized carbons (Fsp3) is 0.485. The predicted molar refractivity (Wildman–Crippen MR) is 167 cm³/mol. The maximum absolute atomic E-state index is 12.6. The van der Waals surface area contributed by atoms with Crippen molar-refractivity contribution >= 4 is 28.3 Å². The molecule has 2 N–H and O–H groups in total. The summed E-state index contributed by atoms with van der Waals surface area (Å²) in [4.78, 5) is 37.3. The summed E-state index contributed by atoms with van der Waals surface area (Å²) in [6.07, 6.45) is 6.13. The Kier molecular flexibility index (Phi) is 7.56. The summed E-state index contributed by atoms with van der Waals surface area (Å²) in [7, 11) is 0. The van der Waals surface area contributed by atoms with Gasteiger partial charge in [-0.25, -0.2) is 11.6 Å². The van der Waals surface area contributed by atoms with E-state index in [4.69, 9.17) is 36.7 Å². The number of hydrogen-bond acceptors (Lipinski definition) is 9. The van der Waals surface area contributed by atoms with Gasteiger partial charge in [0.1, 0.15) is 30.4 Å². The average Bonchev–Trinajstić information content (AvgIpc) is 3.63. The van der Waals surface area contributed by atoms with Gasteiger partial charge in [0, 0.05) is 37.0 Å². The molecule has 11 nitrogen and oxygen atoms in total. The lowest BCUT2D eigenvalue weighted by Crippen LogP contribution is -2.56. The summed E-state index contributed by atoms with van der Waals surface area (Å²) in [6.45, 7) is 16.0. The SMILES string of the molecule is [C-]#[N+]C[C@H]1CN(c2nc(OCC34CCCN3CCC4)nc3c2COC(c2nc(N)cc4ccccc24)C3)CCN1C(=O)C=C. The van der Waals surface area contributed by atoms with Crippen molar-refractivity contribution in [1.29, 1.82) is 0 Å². The Bertz CT molecular complexity index is 1630. The number of pyridine rings is 1. The minimum Gasteiger partial charge on any atom is -0.461 e. The zero-order valence-electron chi connectivity index (χ0n) is 25.0. The van der Waals surface area contributed by atoms with Gasteiger partial charge in [-0.2, -0.15) is 9.97 Å². The maximum atomic E-state index is 12.6. The van der Waals surface area contributed by atoms with Crippen molar-refractivity contribution in [1.82, 2.24) is 24.8 Å². The maximum Gasteiger partial charge on any atom is 0.318 e. The second-order valence-electron chi connectivity index (χ2n) is 12.3. The van der Waals surface area contributed by atoms with Crippen molar-refractivity contribution in [2.45, 2.75) is 56.4 Å². The van der Waals surface area contributed by atoms with Crippen molar-refractivity contribution in [2.24, 2.45) is 0 Å². The van der Waals surface area contributed by atoms with E-state index in [1.54, 1.807) is 4.90 Å². The molecule has 3 fully saturated rings. The number of aromatic nitrogens is 3. The number of anilines is 2. The first-order valence-corrected chi connectivity index (χ1v) is 15.5. The number of carbonyl (C=O) groups excluding carboxylic acids is 1. The van der Waals surface area contributed by atoms with Gasteiger partial charge in [-0.05, 0) is 56.3 Å². The van der Waals surface area contributed by atoms with Crippen LogP contribution in [0.3, 0.4) is 0 Å². The molecule has 44 heavy (non-hydrogen) atoms. The Hall–Kier alpha value is -4.27. The molecule has 228 valence electrons. The molecular weight excluding hydrogens is 556 g/mol. The van der Waals surface area contributed by atoms with Crippen LogP contribution in [0.4, 0.5) is 11.6 Å². The van der Waals surface area contributed by atoms with Crippen molar-refractivity contribution in [3.63, 3.8) is 0 Å². The van der Waals surface area contributed by atoms with Crippen LogP contribution >= 0.6 is 0 Å². The van der Waals surface area contributed by atoms with Crippen LogP contribution in [0.1, 0.15) is 48.7 Å². The average molecular weight is 595 g/mol. The van der Waals surface area contributed by atoms with Crippen LogP contribution in [-0.2, 0) is 22.6 Å². The summed E-state index contributed by atoms with van der Waals surface area (Å²) in [5, 5.41) is 2.03. The fourth-order valence-electron chi connectivity index (χ4n) is 7.60. The molecule has 0 saturated carbocycles. The molecule has 4 aliphatic rings. The van der Waals surface area contributed by atoms with Crippen LogP contribution in [-0.4, -0.2) is 88.1 Å². The van der Waals surface area contributed by atoms with Crippen LogP contribution in [0.2, 0.25) is 0 Å². The molecule has 1 unspecified atom stereocenters. The van der Waals surface area contributed by atoms with Crippen LogP contribution in [0, 0.1) is 6.57 Å². The summed E-state index contributed by atoms with van der Waals surface area (Å²) in [6, 6.07) is 10.0. The minimum absolute atomic E-state index is 0.0624. The molecule has 1 amide bonds. The van der Waals surface area contributed by atoms with Crippen molar-refractivity contribution < 1.29 is 14.3 Å². The molecule has 6 heterocycles. The van der Waals surface area contributed by atoms with E-state index in [1.165, 1.54) is 18.9 Å². The largest absolute Gasteiger partial charge is 0.461 e. The number of ether oxygens (including phenoxy) is 2. The Morgan fingerprint density at radius 3 is 2.80 bits per heavy atom. The third kappa shape index (κ3) is 5.12. The van der Waals surface area contributed by atoms with E-state index in [0.29, 0.717) is 51.1 Å². The highest BCUT2D eigenvalue weighted by Gasteiger charge is 2.45. The van der Waals surface area contributed by atoms with Crippen molar-refractivity contribution in [3.05, 3.63) is 71.4 Å². The van der Waals surface area contributed by atoms with Gasteiger partial charge in [0.2, 0.25) is 12.5 Å². The highest BCUT2D eigenvalue weighted by molar-refractivity contribution is 5.88. The van der Waals surface area contributed by atoms with Crippen LogP contribution < -0.4 is 15.4 Å². The highest BCUT2D eigenvalue weighted by Crippen LogP contribution is 2.40. The molecule has 0 bridgehead atoms. The van der Waals surface area contributed by atoms with E-state index in [9.17, 15) is 4.79 Å². The van der Waals surface area contributed by atoms with E-state index in [1.807, 2.05) is 30.3 Å². The minimum atomic E-state index is -0.331. The second kappa shape index (κ2) is 11.7. The Labute approximate surface area is 257 Å². The number of nitrogen functional groups attached to an aromatic ring is 1. The molecular formula is C33H38N8O3. The smallest absolute Gasteiger partial charge is 0.318 e. The Morgan fingerprint density at radius 2 is 2.00 bits per heavy atom. The van der Waals surface area contributed by atoms with Gasteiger partial charge in [-0.1, -0.05) is 30.8 Å². The number of fused-ring (bicyclic) bond motifs is 3. The number of benzene rings is 1. The van der Waals surface area contributed by atoms with Crippen LogP contribution in [0.15, 0.2) is 43.0 Å². The van der Waals surface area contributed by atoms with E-state index in [2.05, 4.69) is 21.2 Å². The van der Waals surface area contributed by atoms with Gasteiger partial charge in [0.15, 0.2) is 0 Å². The molecule has 4 aliphatic heterocycles. The van der Waals surface area contributed by atoms with E-state index >= 15 is 0 Å².